The largest absolute Gasteiger partial charge is 0.310 e. The quantitative estimate of drug-likeness (QED) is 0.171. The zero-order chi connectivity index (χ0) is 42.0. The second-order valence-corrected chi connectivity index (χ2v) is 18.6. The molecule has 10 aromatic carbocycles. The minimum Gasteiger partial charge on any atom is -0.310 e. The van der Waals surface area contributed by atoms with E-state index in [0.29, 0.717) is 0 Å². The lowest BCUT2D eigenvalue weighted by Gasteiger charge is -2.49. The van der Waals surface area contributed by atoms with Crippen molar-refractivity contribution in [3.8, 4) is 33.4 Å². The van der Waals surface area contributed by atoms with E-state index < -0.39 is 10.8 Å². The van der Waals surface area contributed by atoms with E-state index in [2.05, 4.69) is 241 Å². The molecule has 0 atom stereocenters. The molecule has 1 nitrogen and oxygen atoms in total. The number of fused-ring (bicyclic) bond motifs is 19. The SMILES string of the molecule is c1ccc(N(c2ccc(-c3ccc4sc5ccccc5c4c3)cc2)c2ccc3c(c2)C2(c4ccccc4-c4ccccc42)c2ccccc2C32c3ccccc3-c3ccccc32)cc1. The van der Waals surface area contributed by atoms with E-state index in [1.165, 1.54) is 98.1 Å². The predicted octanol–water partition coefficient (Wildman–Crippen LogP) is 16.2. The molecule has 14 rings (SSSR count). The highest BCUT2D eigenvalue weighted by atomic mass is 32.1. The molecule has 0 saturated heterocycles. The van der Waals surface area contributed by atoms with Crippen LogP contribution in [0.1, 0.15) is 44.5 Å². The molecule has 298 valence electrons. The number of benzene rings is 10. The van der Waals surface area contributed by atoms with Crippen molar-refractivity contribution < 1.29 is 0 Å². The summed E-state index contributed by atoms with van der Waals surface area (Å²) in [4.78, 5) is 2.45. The van der Waals surface area contributed by atoms with Gasteiger partial charge in [-0.3, -0.25) is 0 Å². The van der Waals surface area contributed by atoms with E-state index in [1.54, 1.807) is 0 Å². The van der Waals surface area contributed by atoms with Gasteiger partial charge >= 0.3 is 0 Å². The average molecular weight is 830 g/mol. The third kappa shape index (κ3) is 4.63. The summed E-state index contributed by atoms with van der Waals surface area (Å²) < 4.78 is 2.65. The summed E-state index contributed by atoms with van der Waals surface area (Å²) in [5, 5.41) is 2.64. The number of rotatable bonds is 4. The van der Waals surface area contributed by atoms with Gasteiger partial charge in [-0.2, -0.15) is 0 Å². The topological polar surface area (TPSA) is 3.24 Å². The van der Waals surface area contributed by atoms with Crippen molar-refractivity contribution in [2.75, 3.05) is 4.90 Å². The Morgan fingerprint density at radius 2 is 0.688 bits per heavy atom. The van der Waals surface area contributed by atoms with Gasteiger partial charge in [-0.15, -0.1) is 11.3 Å². The van der Waals surface area contributed by atoms with Gasteiger partial charge < -0.3 is 4.90 Å². The molecule has 2 heteroatoms. The summed E-state index contributed by atoms with van der Waals surface area (Å²) in [5.41, 5.74) is 20.6. The first-order valence-corrected chi connectivity index (χ1v) is 23.1. The predicted molar refractivity (Wildman–Crippen MR) is 268 cm³/mol. The Hall–Kier alpha value is -7.78. The maximum absolute atomic E-state index is 2.55. The second kappa shape index (κ2) is 13.4. The second-order valence-electron chi connectivity index (χ2n) is 17.5. The molecule has 2 spiro atoms. The maximum Gasteiger partial charge on any atom is 0.0720 e. The van der Waals surface area contributed by atoms with E-state index in [-0.39, 0.29) is 0 Å². The van der Waals surface area contributed by atoms with E-state index in [9.17, 15) is 0 Å². The van der Waals surface area contributed by atoms with Gasteiger partial charge in [0, 0.05) is 37.2 Å². The van der Waals surface area contributed by atoms with Crippen molar-refractivity contribution >= 4 is 48.6 Å². The number of para-hydroxylation sites is 1. The molecule has 11 aromatic rings. The van der Waals surface area contributed by atoms with Crippen molar-refractivity contribution in [2.24, 2.45) is 0 Å². The molecule has 0 radical (unpaired) electrons. The van der Waals surface area contributed by atoms with Crippen LogP contribution in [0.3, 0.4) is 0 Å². The van der Waals surface area contributed by atoms with E-state index in [1.807, 2.05) is 11.3 Å². The molecule has 0 saturated carbocycles. The fourth-order valence-electron chi connectivity index (χ4n) is 12.1. The Balaban J connectivity index is 1.03. The first-order valence-electron chi connectivity index (χ1n) is 22.3. The van der Waals surface area contributed by atoms with Crippen LogP contribution in [-0.4, -0.2) is 0 Å². The number of nitrogens with zero attached hydrogens (tertiary/aromatic N) is 1. The first kappa shape index (κ1) is 35.8. The molecule has 1 heterocycles. The summed E-state index contributed by atoms with van der Waals surface area (Å²) in [5.74, 6) is 0. The molecule has 1 aromatic heterocycles. The standard InChI is InChI=1S/C62H39NS/c1-2-16-42(17-3-1)63(43-33-30-40(31-34-43)41-32-37-60-50(38-41)49-22-8-15-29-59(49)64-60)44-35-36-57-58(39-44)62(53-25-11-6-20-47(53)48-21-7-12-26-54(48)62)56-28-14-13-27-55(56)61(57)51-23-9-4-18-45(51)46-19-5-10-24-52(46)61/h1-39H. The molecular weight excluding hydrogens is 791 g/mol. The number of hydrogen-bond acceptors (Lipinski definition) is 2. The van der Waals surface area contributed by atoms with E-state index >= 15 is 0 Å². The third-order valence-corrected chi connectivity index (χ3v) is 15.7. The highest BCUT2D eigenvalue weighted by Gasteiger charge is 2.59. The Kier molecular flexibility index (Phi) is 7.47. The van der Waals surface area contributed by atoms with E-state index in [4.69, 9.17) is 0 Å². The van der Waals surface area contributed by atoms with Crippen LogP contribution in [0.5, 0.6) is 0 Å². The molecule has 0 unspecified atom stereocenters. The molecule has 0 N–H and O–H groups in total. The molecule has 0 bridgehead atoms. The molecule has 0 aliphatic heterocycles. The lowest BCUT2D eigenvalue weighted by atomic mass is 9.52. The first-order chi connectivity index (χ1) is 31.7. The van der Waals surface area contributed by atoms with Crippen molar-refractivity contribution in [3.63, 3.8) is 0 Å². The highest BCUT2D eigenvalue weighted by Crippen LogP contribution is 2.67. The van der Waals surface area contributed by atoms with Crippen LogP contribution in [-0.2, 0) is 10.8 Å². The fraction of sp³-hybridized carbons (Fsp3) is 0.0323. The van der Waals surface area contributed by atoms with Gasteiger partial charge in [-0.25, -0.2) is 0 Å². The Labute approximate surface area is 376 Å². The average Bonchev–Trinajstić information content (AvgIpc) is 3.99. The summed E-state index contributed by atoms with van der Waals surface area (Å²) in [6.45, 7) is 0. The van der Waals surface area contributed by atoms with Gasteiger partial charge in [0.2, 0.25) is 0 Å². The number of anilines is 3. The Morgan fingerprint density at radius 3 is 1.28 bits per heavy atom. The normalized spacial score (nSPS) is 14.2. The molecular formula is C62H39NS. The lowest BCUT2D eigenvalue weighted by Crippen LogP contribution is -2.43. The minimum atomic E-state index is -0.566. The monoisotopic (exact) mass is 829 g/mol. The van der Waals surface area contributed by atoms with Crippen LogP contribution in [0.2, 0.25) is 0 Å². The van der Waals surface area contributed by atoms with Gasteiger partial charge in [0.1, 0.15) is 0 Å². The minimum absolute atomic E-state index is 0.524. The van der Waals surface area contributed by atoms with Crippen LogP contribution in [0.25, 0.3) is 53.6 Å². The fourth-order valence-corrected chi connectivity index (χ4v) is 13.2. The molecule has 0 fully saturated rings. The maximum atomic E-state index is 2.55. The molecule has 64 heavy (non-hydrogen) atoms. The van der Waals surface area contributed by atoms with Crippen LogP contribution in [0, 0.1) is 0 Å². The molecule has 0 amide bonds. The van der Waals surface area contributed by atoms with Crippen LogP contribution >= 0.6 is 11.3 Å². The summed E-state index contributed by atoms with van der Waals surface area (Å²) in [7, 11) is 0. The van der Waals surface area contributed by atoms with Crippen molar-refractivity contribution in [1.29, 1.82) is 0 Å². The zero-order valence-electron chi connectivity index (χ0n) is 34.9. The van der Waals surface area contributed by atoms with Gasteiger partial charge in [-0.05, 0) is 132 Å². The van der Waals surface area contributed by atoms with Crippen LogP contribution in [0.4, 0.5) is 17.1 Å². The number of hydrogen-bond donors (Lipinski definition) is 0. The highest BCUT2D eigenvalue weighted by molar-refractivity contribution is 7.25. The van der Waals surface area contributed by atoms with Gasteiger partial charge in [-0.1, -0.05) is 182 Å². The summed E-state index contributed by atoms with van der Waals surface area (Å²) in [6, 6.07) is 89.1. The summed E-state index contributed by atoms with van der Waals surface area (Å²) >= 11 is 1.87. The zero-order valence-corrected chi connectivity index (χ0v) is 35.7. The molecule has 3 aliphatic rings. The van der Waals surface area contributed by atoms with E-state index in [0.717, 1.165) is 17.1 Å². The smallest absolute Gasteiger partial charge is 0.0720 e. The Morgan fingerprint density at radius 1 is 0.266 bits per heavy atom. The number of thiophene rings is 1. The van der Waals surface area contributed by atoms with Gasteiger partial charge in [0.25, 0.3) is 0 Å². The Bertz CT molecular complexity index is 3600. The third-order valence-electron chi connectivity index (χ3n) is 14.6. The van der Waals surface area contributed by atoms with Crippen LogP contribution < -0.4 is 4.90 Å². The lowest BCUT2D eigenvalue weighted by molar-refractivity contribution is 0.633. The van der Waals surface area contributed by atoms with Crippen molar-refractivity contribution in [3.05, 3.63) is 281 Å². The van der Waals surface area contributed by atoms with Crippen molar-refractivity contribution in [2.45, 2.75) is 10.8 Å². The van der Waals surface area contributed by atoms with Gasteiger partial charge in [0.05, 0.1) is 10.8 Å². The van der Waals surface area contributed by atoms with Gasteiger partial charge in [0.15, 0.2) is 0 Å². The van der Waals surface area contributed by atoms with Crippen LogP contribution in [0.15, 0.2) is 237 Å². The summed E-state index contributed by atoms with van der Waals surface area (Å²) in [6.07, 6.45) is 0. The van der Waals surface area contributed by atoms with Crippen molar-refractivity contribution in [1.82, 2.24) is 0 Å². The molecule has 3 aliphatic carbocycles.